The summed E-state index contributed by atoms with van der Waals surface area (Å²) in [5, 5.41) is 13.0. The standard InChI is InChI=1S/C20H11BrN4O.C12H6BrIO.C9H7N3/c21-12-5-7-18-14(9-12)15-10-13(6-8-19(15)26-18)24-16-3-1-2-4-17(16)25-20(24)22-11-23-25;13-7-1-3-11-9(5-7)10-6-8(14)2-4-12(10)15-11;1-2-4-8-7(3-1)5-9-10-6-11-12(8)9/h1-11H;1-6H;1-4,6H,5H2. The molecule has 0 atom stereocenters. The van der Waals surface area contributed by atoms with E-state index in [4.69, 9.17) is 8.83 Å². The zero-order valence-electron chi connectivity index (χ0n) is 27.5. The van der Waals surface area contributed by atoms with Crippen LogP contribution in [0.2, 0.25) is 0 Å². The Morgan fingerprint density at radius 3 is 1.94 bits per heavy atom. The lowest BCUT2D eigenvalue weighted by atomic mass is 10.1. The van der Waals surface area contributed by atoms with Gasteiger partial charge in [0.15, 0.2) is 0 Å². The van der Waals surface area contributed by atoms with Crippen molar-refractivity contribution in [1.82, 2.24) is 33.9 Å². The smallest absolute Gasteiger partial charge is 0.238 e. The van der Waals surface area contributed by atoms with E-state index >= 15 is 0 Å². The monoisotopic (exact) mass is 931 g/mol. The summed E-state index contributed by atoms with van der Waals surface area (Å²) < 4.78 is 20.9. The van der Waals surface area contributed by atoms with Gasteiger partial charge in [0, 0.05) is 40.5 Å². The van der Waals surface area contributed by atoms with Crippen molar-refractivity contribution >= 4 is 115 Å². The molecule has 0 N–H and O–H groups in total. The Kier molecular flexibility index (Phi) is 7.92. The molecule has 256 valence electrons. The number of hydrogen-bond donors (Lipinski definition) is 0. The predicted molar refractivity (Wildman–Crippen MR) is 223 cm³/mol. The second kappa shape index (κ2) is 13.0. The quantitative estimate of drug-likeness (QED) is 0.152. The van der Waals surface area contributed by atoms with Gasteiger partial charge >= 0.3 is 0 Å². The zero-order chi connectivity index (χ0) is 35.6. The molecule has 12 heteroatoms. The highest BCUT2D eigenvalue weighted by molar-refractivity contribution is 14.1. The molecule has 0 unspecified atom stereocenters. The topological polar surface area (TPSA) is 92.1 Å². The van der Waals surface area contributed by atoms with E-state index < -0.39 is 0 Å². The Morgan fingerprint density at radius 2 is 1.19 bits per heavy atom. The second-order valence-corrected chi connectivity index (χ2v) is 15.6. The lowest BCUT2D eigenvalue weighted by Crippen LogP contribution is -1.94. The van der Waals surface area contributed by atoms with Crippen molar-refractivity contribution < 1.29 is 8.83 Å². The maximum Gasteiger partial charge on any atom is 0.238 e. The van der Waals surface area contributed by atoms with Crippen LogP contribution in [0.15, 0.2) is 152 Å². The molecule has 12 rings (SSSR count). The first-order valence-corrected chi connectivity index (χ1v) is 19.3. The molecule has 1 aliphatic heterocycles. The summed E-state index contributed by atoms with van der Waals surface area (Å²) in [5.74, 6) is 1.83. The number of aromatic nitrogens is 7. The predicted octanol–water partition coefficient (Wildman–Crippen LogP) is 11.5. The third-order valence-electron chi connectivity index (χ3n) is 9.33. The largest absolute Gasteiger partial charge is 0.456 e. The van der Waals surface area contributed by atoms with Crippen LogP contribution < -0.4 is 0 Å². The number of para-hydroxylation sites is 3. The number of imidazole rings is 1. The minimum Gasteiger partial charge on any atom is -0.456 e. The second-order valence-electron chi connectivity index (χ2n) is 12.5. The van der Waals surface area contributed by atoms with Gasteiger partial charge in [-0.15, -0.1) is 0 Å². The van der Waals surface area contributed by atoms with E-state index in [1.165, 1.54) is 20.2 Å². The van der Waals surface area contributed by atoms with Gasteiger partial charge in [-0.2, -0.15) is 19.7 Å². The number of fused-ring (bicyclic) bond motifs is 12. The Labute approximate surface area is 331 Å². The summed E-state index contributed by atoms with van der Waals surface area (Å²) in [6.07, 6.45) is 4.10. The minimum atomic E-state index is 0.791. The van der Waals surface area contributed by atoms with E-state index in [1.54, 1.807) is 12.7 Å². The van der Waals surface area contributed by atoms with Gasteiger partial charge in [0.1, 0.15) is 40.8 Å². The highest BCUT2D eigenvalue weighted by Gasteiger charge is 2.19. The third-order valence-corrected chi connectivity index (χ3v) is 11.0. The summed E-state index contributed by atoms with van der Waals surface area (Å²) >= 11 is 9.34. The van der Waals surface area contributed by atoms with Crippen LogP contribution in [0.5, 0.6) is 0 Å². The van der Waals surface area contributed by atoms with Crippen molar-refractivity contribution in [2.24, 2.45) is 0 Å². The van der Waals surface area contributed by atoms with Crippen molar-refractivity contribution in [3.05, 3.63) is 158 Å². The van der Waals surface area contributed by atoms with Gasteiger partial charge in [-0.1, -0.05) is 62.2 Å². The van der Waals surface area contributed by atoms with Gasteiger partial charge in [0.25, 0.3) is 0 Å². The number of furan rings is 2. The molecular weight excluding hydrogens is 909 g/mol. The van der Waals surface area contributed by atoms with E-state index in [2.05, 4.69) is 140 Å². The molecule has 0 radical (unpaired) electrons. The molecule has 0 spiro atoms. The highest BCUT2D eigenvalue weighted by atomic mass is 127. The maximum atomic E-state index is 5.98. The molecule has 0 fully saturated rings. The van der Waals surface area contributed by atoms with Gasteiger partial charge in [-0.25, -0.2) is 9.67 Å². The van der Waals surface area contributed by atoms with Crippen LogP contribution in [-0.2, 0) is 6.42 Å². The van der Waals surface area contributed by atoms with E-state index in [9.17, 15) is 0 Å². The van der Waals surface area contributed by atoms with Crippen LogP contribution in [0.25, 0.3) is 72.1 Å². The highest BCUT2D eigenvalue weighted by Crippen LogP contribution is 2.34. The Balaban J connectivity index is 0.000000109. The van der Waals surface area contributed by atoms with Crippen molar-refractivity contribution in [2.45, 2.75) is 6.42 Å². The molecule has 0 bridgehead atoms. The van der Waals surface area contributed by atoms with Gasteiger partial charge in [-0.3, -0.25) is 4.57 Å². The summed E-state index contributed by atoms with van der Waals surface area (Å²) in [6, 6.07) is 41.0. The summed E-state index contributed by atoms with van der Waals surface area (Å²) in [6.45, 7) is 0. The molecule has 0 amide bonds. The zero-order valence-corrected chi connectivity index (χ0v) is 32.8. The molecule has 11 aromatic rings. The molecule has 1 aliphatic rings. The first-order valence-electron chi connectivity index (χ1n) is 16.6. The fourth-order valence-corrected chi connectivity index (χ4v) is 8.19. The molecule has 0 aliphatic carbocycles. The normalized spacial score (nSPS) is 12.0. The average molecular weight is 933 g/mol. The van der Waals surface area contributed by atoms with E-state index in [0.29, 0.717) is 0 Å². The third kappa shape index (κ3) is 5.63. The minimum absolute atomic E-state index is 0.791. The van der Waals surface area contributed by atoms with E-state index in [-0.39, 0.29) is 0 Å². The van der Waals surface area contributed by atoms with Crippen molar-refractivity contribution in [1.29, 1.82) is 0 Å². The van der Waals surface area contributed by atoms with Crippen LogP contribution in [0.3, 0.4) is 0 Å². The SMILES string of the molecule is Brc1ccc2oc3ccc(-n4c5ccccc5n5ncnc45)cc3c2c1.Brc1ccc2oc3ccc(I)cc3c2c1.c1ccc2c(c1)Cc1ncnn1-2. The van der Waals surface area contributed by atoms with Crippen molar-refractivity contribution in [3.8, 4) is 11.4 Å². The van der Waals surface area contributed by atoms with Gasteiger partial charge in [0.2, 0.25) is 5.78 Å². The lowest BCUT2D eigenvalue weighted by molar-refractivity contribution is 0.668. The Morgan fingerprint density at radius 1 is 0.585 bits per heavy atom. The molecule has 0 saturated heterocycles. The molecule has 5 aromatic heterocycles. The van der Waals surface area contributed by atoms with Gasteiger partial charge in [-0.05, 0) is 119 Å². The molecule has 53 heavy (non-hydrogen) atoms. The van der Waals surface area contributed by atoms with E-state index in [1.807, 2.05) is 69.9 Å². The number of hydrogen-bond acceptors (Lipinski definition) is 6. The van der Waals surface area contributed by atoms with Crippen LogP contribution >= 0.6 is 54.5 Å². The number of benzene rings is 6. The van der Waals surface area contributed by atoms with Crippen molar-refractivity contribution in [3.63, 3.8) is 0 Å². The molecular formula is C41H24Br2IN7O2. The fourth-order valence-electron chi connectivity index (χ4n) is 6.98. The fraction of sp³-hybridized carbons (Fsp3) is 0.0244. The van der Waals surface area contributed by atoms with Crippen LogP contribution in [0.1, 0.15) is 11.4 Å². The Bertz CT molecular complexity index is 3120. The lowest BCUT2D eigenvalue weighted by Gasteiger charge is -2.05. The van der Waals surface area contributed by atoms with Crippen LogP contribution in [-0.4, -0.2) is 33.9 Å². The van der Waals surface area contributed by atoms with E-state index in [0.717, 1.165) is 82.2 Å². The van der Waals surface area contributed by atoms with Crippen LogP contribution in [0.4, 0.5) is 0 Å². The van der Waals surface area contributed by atoms with Crippen molar-refractivity contribution in [2.75, 3.05) is 0 Å². The average Bonchev–Trinajstić information content (AvgIpc) is 4.02. The summed E-state index contributed by atoms with van der Waals surface area (Å²) in [4.78, 5) is 8.62. The molecule has 6 heterocycles. The first-order chi connectivity index (χ1) is 26.0. The number of halogens is 3. The molecule has 6 aromatic carbocycles. The van der Waals surface area contributed by atoms with Gasteiger partial charge in [0.05, 0.1) is 22.4 Å². The first kappa shape index (κ1) is 32.3. The Hall–Kier alpha value is -5.31. The number of nitrogens with zero attached hydrogens (tertiary/aromatic N) is 7. The molecule has 9 nitrogen and oxygen atoms in total. The summed E-state index contributed by atoms with van der Waals surface area (Å²) in [5.41, 5.74) is 9.24. The van der Waals surface area contributed by atoms with Gasteiger partial charge < -0.3 is 8.83 Å². The summed E-state index contributed by atoms with van der Waals surface area (Å²) in [7, 11) is 0. The van der Waals surface area contributed by atoms with Crippen LogP contribution in [0, 0.1) is 3.57 Å². The maximum absolute atomic E-state index is 5.98. The molecule has 0 saturated carbocycles. The number of rotatable bonds is 1.